The second-order valence-electron chi connectivity index (χ2n) is 5.90. The van der Waals surface area contributed by atoms with E-state index in [1.807, 2.05) is 19.1 Å². The molecule has 1 aromatic carbocycles. The minimum atomic E-state index is -0.768. The smallest absolute Gasteiger partial charge is 0.318 e. The van der Waals surface area contributed by atoms with E-state index in [9.17, 15) is 9.59 Å². The zero-order chi connectivity index (χ0) is 18.0. The van der Waals surface area contributed by atoms with E-state index in [-0.39, 0.29) is 25.2 Å². The number of nitrogens with zero attached hydrogens (tertiary/aromatic N) is 1. The number of nitrogens with two attached hydrogens (primary N) is 1. The third kappa shape index (κ3) is 3.98. The van der Waals surface area contributed by atoms with Crippen LogP contribution in [0.3, 0.4) is 0 Å². The Labute approximate surface area is 153 Å². The molecule has 1 fully saturated rings. The van der Waals surface area contributed by atoms with Crippen LogP contribution in [-0.4, -0.2) is 55.9 Å². The molecule has 9 heteroatoms. The molecule has 25 heavy (non-hydrogen) atoms. The van der Waals surface area contributed by atoms with E-state index in [0.717, 1.165) is 10.0 Å². The Kier molecular flexibility index (Phi) is 5.33. The van der Waals surface area contributed by atoms with Crippen LogP contribution < -0.4 is 20.5 Å². The van der Waals surface area contributed by atoms with Crippen molar-refractivity contribution in [1.29, 1.82) is 0 Å². The third-order valence-corrected chi connectivity index (χ3v) is 4.83. The van der Waals surface area contributed by atoms with Crippen molar-refractivity contribution >= 4 is 27.9 Å². The number of halogens is 1. The van der Waals surface area contributed by atoms with E-state index in [1.54, 1.807) is 0 Å². The Hall–Kier alpha value is -2.00. The lowest BCUT2D eigenvalue weighted by Gasteiger charge is -2.32. The lowest BCUT2D eigenvalue weighted by molar-refractivity contribution is -0.133. The summed E-state index contributed by atoms with van der Waals surface area (Å²) in [7, 11) is 0. The van der Waals surface area contributed by atoms with Crippen LogP contribution in [0.1, 0.15) is 18.5 Å². The second-order valence-corrected chi connectivity index (χ2v) is 6.75. The monoisotopic (exact) mass is 413 g/mol. The number of carbonyl (C=O) groups excluding carboxylic acids is 2. The SMILES string of the molecule is C[C@@H](NC(=O)N1CCO[C@H](C(N)=O)C1)c1cc2c(cc1Br)OCCO2. The fourth-order valence-corrected chi connectivity index (χ4v) is 3.44. The minimum absolute atomic E-state index is 0.149. The number of fused-ring (bicyclic) bond motifs is 1. The van der Waals surface area contributed by atoms with Gasteiger partial charge < -0.3 is 30.2 Å². The Morgan fingerprint density at radius 1 is 1.28 bits per heavy atom. The summed E-state index contributed by atoms with van der Waals surface area (Å²) in [6.07, 6.45) is -0.768. The number of nitrogens with one attached hydrogen (secondary N) is 1. The second kappa shape index (κ2) is 7.49. The van der Waals surface area contributed by atoms with Crippen LogP contribution in [0.2, 0.25) is 0 Å². The first-order chi connectivity index (χ1) is 12.0. The molecule has 2 heterocycles. The van der Waals surface area contributed by atoms with Gasteiger partial charge >= 0.3 is 6.03 Å². The maximum atomic E-state index is 12.5. The van der Waals surface area contributed by atoms with E-state index in [1.165, 1.54) is 4.90 Å². The molecule has 0 radical (unpaired) electrons. The molecule has 0 unspecified atom stereocenters. The molecule has 2 aliphatic rings. The minimum Gasteiger partial charge on any atom is -0.486 e. The Morgan fingerprint density at radius 3 is 2.64 bits per heavy atom. The normalized spacial score (nSPS) is 20.7. The van der Waals surface area contributed by atoms with Crippen LogP contribution in [0, 0.1) is 0 Å². The number of benzene rings is 1. The topological polar surface area (TPSA) is 103 Å². The molecule has 3 N–H and O–H groups in total. The summed E-state index contributed by atoms with van der Waals surface area (Å²) in [5.41, 5.74) is 6.12. The van der Waals surface area contributed by atoms with Gasteiger partial charge in [-0.25, -0.2) is 4.79 Å². The number of primary amides is 1. The first-order valence-corrected chi connectivity index (χ1v) is 8.80. The van der Waals surface area contributed by atoms with Gasteiger partial charge in [0.25, 0.3) is 0 Å². The van der Waals surface area contributed by atoms with Crippen molar-refractivity contribution in [2.75, 3.05) is 32.9 Å². The summed E-state index contributed by atoms with van der Waals surface area (Å²) in [4.78, 5) is 25.3. The van der Waals surface area contributed by atoms with E-state index in [4.69, 9.17) is 19.9 Å². The van der Waals surface area contributed by atoms with Crippen LogP contribution >= 0.6 is 15.9 Å². The van der Waals surface area contributed by atoms with Gasteiger partial charge in [-0.1, -0.05) is 15.9 Å². The van der Waals surface area contributed by atoms with Gasteiger partial charge in [-0.3, -0.25) is 4.79 Å². The molecular formula is C16H20BrN3O5. The van der Waals surface area contributed by atoms with Crippen molar-refractivity contribution in [2.45, 2.75) is 19.1 Å². The van der Waals surface area contributed by atoms with E-state index < -0.39 is 12.0 Å². The standard InChI is InChI=1S/C16H20BrN3O5/c1-9(10-6-12-13(7-11(10)17)25-5-4-24-12)19-16(22)20-2-3-23-14(8-20)15(18)21/h6-7,9,14H,2-5,8H2,1H3,(H2,18,21)(H,19,22)/t9-,14+/m1/s1. The zero-order valence-electron chi connectivity index (χ0n) is 13.8. The molecule has 2 atom stereocenters. The van der Waals surface area contributed by atoms with E-state index in [2.05, 4.69) is 21.2 Å². The molecule has 0 saturated carbocycles. The molecule has 8 nitrogen and oxygen atoms in total. The van der Waals surface area contributed by atoms with Crippen molar-refractivity contribution < 1.29 is 23.8 Å². The number of hydrogen-bond acceptors (Lipinski definition) is 5. The number of urea groups is 1. The van der Waals surface area contributed by atoms with Crippen LogP contribution in [-0.2, 0) is 9.53 Å². The molecule has 136 valence electrons. The lowest BCUT2D eigenvalue weighted by atomic mass is 10.1. The Morgan fingerprint density at radius 2 is 1.96 bits per heavy atom. The highest BCUT2D eigenvalue weighted by molar-refractivity contribution is 9.10. The van der Waals surface area contributed by atoms with Gasteiger partial charge in [0, 0.05) is 11.0 Å². The number of carbonyl (C=O) groups is 2. The summed E-state index contributed by atoms with van der Waals surface area (Å²) < 4.78 is 17.2. The molecule has 3 amide bonds. The molecule has 0 spiro atoms. The van der Waals surface area contributed by atoms with Gasteiger partial charge in [0.1, 0.15) is 13.2 Å². The molecule has 0 bridgehead atoms. The maximum Gasteiger partial charge on any atom is 0.318 e. The molecular weight excluding hydrogens is 394 g/mol. The maximum absolute atomic E-state index is 12.5. The van der Waals surface area contributed by atoms with Gasteiger partial charge in [0.15, 0.2) is 17.6 Å². The van der Waals surface area contributed by atoms with Crippen LogP contribution in [0.25, 0.3) is 0 Å². The number of rotatable bonds is 3. The fraction of sp³-hybridized carbons (Fsp3) is 0.500. The predicted octanol–water partition coefficient (Wildman–Crippen LogP) is 1.18. The summed E-state index contributed by atoms with van der Waals surface area (Å²) in [5, 5.41) is 2.93. The van der Waals surface area contributed by atoms with Crippen molar-refractivity contribution in [3.63, 3.8) is 0 Å². The number of morpholine rings is 1. The van der Waals surface area contributed by atoms with E-state index in [0.29, 0.717) is 31.3 Å². The average molecular weight is 414 g/mol. The fourth-order valence-electron chi connectivity index (χ4n) is 2.77. The van der Waals surface area contributed by atoms with E-state index >= 15 is 0 Å². The number of hydrogen-bond donors (Lipinski definition) is 2. The largest absolute Gasteiger partial charge is 0.486 e. The van der Waals surface area contributed by atoms with Crippen LogP contribution in [0.15, 0.2) is 16.6 Å². The van der Waals surface area contributed by atoms with Crippen molar-refractivity contribution in [2.24, 2.45) is 5.73 Å². The third-order valence-electron chi connectivity index (χ3n) is 4.14. The van der Waals surface area contributed by atoms with Gasteiger partial charge in [-0.2, -0.15) is 0 Å². The van der Waals surface area contributed by atoms with Gasteiger partial charge in [0.2, 0.25) is 5.91 Å². The molecule has 0 aromatic heterocycles. The Bertz CT molecular complexity index is 684. The summed E-state index contributed by atoms with van der Waals surface area (Å²) in [5.74, 6) is 0.767. The molecule has 0 aliphatic carbocycles. The molecule has 3 rings (SSSR count). The lowest BCUT2D eigenvalue weighted by Crippen LogP contribution is -2.53. The van der Waals surface area contributed by atoms with Gasteiger partial charge in [-0.05, 0) is 24.6 Å². The zero-order valence-corrected chi connectivity index (χ0v) is 15.4. The summed E-state index contributed by atoms with van der Waals surface area (Å²) in [6, 6.07) is 3.15. The van der Waals surface area contributed by atoms with Crippen molar-refractivity contribution in [3.8, 4) is 11.5 Å². The molecule has 1 saturated heterocycles. The highest BCUT2D eigenvalue weighted by atomic mass is 79.9. The Balaban J connectivity index is 1.68. The summed E-state index contributed by atoms with van der Waals surface area (Å²) >= 11 is 3.51. The number of ether oxygens (including phenoxy) is 3. The van der Waals surface area contributed by atoms with Gasteiger partial charge in [0.05, 0.1) is 19.2 Å². The molecule has 1 aromatic rings. The van der Waals surface area contributed by atoms with Gasteiger partial charge in [-0.15, -0.1) is 0 Å². The first-order valence-electron chi connectivity index (χ1n) is 8.01. The average Bonchev–Trinajstić information content (AvgIpc) is 2.61. The number of amides is 3. The van der Waals surface area contributed by atoms with Crippen molar-refractivity contribution in [3.05, 3.63) is 22.2 Å². The molecule has 2 aliphatic heterocycles. The quantitative estimate of drug-likeness (QED) is 0.773. The summed E-state index contributed by atoms with van der Waals surface area (Å²) in [6.45, 7) is 3.73. The highest BCUT2D eigenvalue weighted by Crippen LogP contribution is 2.37. The highest BCUT2D eigenvalue weighted by Gasteiger charge is 2.29. The van der Waals surface area contributed by atoms with Crippen LogP contribution in [0.5, 0.6) is 11.5 Å². The predicted molar refractivity (Wildman–Crippen MR) is 92.6 cm³/mol. The van der Waals surface area contributed by atoms with Crippen LogP contribution in [0.4, 0.5) is 4.79 Å². The first kappa shape index (κ1) is 17.8. The van der Waals surface area contributed by atoms with Crippen molar-refractivity contribution in [1.82, 2.24) is 10.2 Å².